The van der Waals surface area contributed by atoms with E-state index in [1.807, 2.05) is 6.92 Å². The first-order chi connectivity index (χ1) is 6.72. The number of nitrogens with zero attached hydrogens (tertiary/aromatic N) is 1. The van der Waals surface area contributed by atoms with Crippen LogP contribution < -0.4 is 0 Å². The second-order valence-electron chi connectivity index (χ2n) is 3.73. The number of aryl methyl sites for hydroxylation is 1. The van der Waals surface area contributed by atoms with E-state index < -0.39 is 0 Å². The third kappa shape index (κ3) is 1.41. The third-order valence-electron chi connectivity index (χ3n) is 2.89. The minimum absolute atomic E-state index is 0.00681. The number of esters is 1. The lowest BCUT2D eigenvalue weighted by atomic mass is 9.87. The number of fused-ring (bicyclic) bond motifs is 1. The van der Waals surface area contributed by atoms with Crippen molar-refractivity contribution in [2.24, 2.45) is 5.92 Å². The fourth-order valence-corrected chi connectivity index (χ4v) is 2.04. The average Bonchev–Trinajstić information content (AvgIpc) is 2.59. The highest BCUT2D eigenvalue weighted by Crippen LogP contribution is 2.26. The van der Waals surface area contributed by atoms with Crippen LogP contribution in [-0.4, -0.2) is 23.3 Å². The van der Waals surface area contributed by atoms with Gasteiger partial charge in [-0.3, -0.25) is 9.89 Å². The lowest BCUT2D eigenvalue weighted by Crippen LogP contribution is -2.23. The van der Waals surface area contributed by atoms with Gasteiger partial charge < -0.3 is 4.74 Å². The molecule has 14 heavy (non-hydrogen) atoms. The Morgan fingerprint density at radius 1 is 1.64 bits per heavy atom. The quantitative estimate of drug-likeness (QED) is 0.678. The van der Waals surface area contributed by atoms with Crippen LogP contribution in [0.5, 0.6) is 0 Å². The highest BCUT2D eigenvalue weighted by Gasteiger charge is 2.27. The Labute approximate surface area is 82.7 Å². The standard InChI is InChI=1S/C10H14N2O2/c1-6-8-4-3-7(10(13)14-2)5-9(8)12-11-6/h7H,3-5H2,1-2H3,(H,11,12). The van der Waals surface area contributed by atoms with Crippen LogP contribution >= 0.6 is 0 Å². The minimum atomic E-state index is -0.108. The maximum absolute atomic E-state index is 11.3. The molecule has 2 rings (SSSR count). The fourth-order valence-electron chi connectivity index (χ4n) is 2.04. The van der Waals surface area contributed by atoms with Gasteiger partial charge >= 0.3 is 5.97 Å². The normalized spacial score (nSPS) is 20.3. The summed E-state index contributed by atoms with van der Waals surface area (Å²) < 4.78 is 4.74. The molecule has 0 aliphatic heterocycles. The second kappa shape index (κ2) is 3.44. The molecule has 0 amide bonds. The van der Waals surface area contributed by atoms with Crippen LogP contribution in [-0.2, 0) is 22.4 Å². The van der Waals surface area contributed by atoms with Gasteiger partial charge in [-0.25, -0.2) is 0 Å². The summed E-state index contributed by atoms with van der Waals surface area (Å²) in [4.78, 5) is 11.3. The number of methoxy groups -OCH3 is 1. The molecule has 1 aliphatic carbocycles. The first-order valence-electron chi connectivity index (χ1n) is 4.83. The Morgan fingerprint density at radius 3 is 3.14 bits per heavy atom. The summed E-state index contributed by atoms with van der Waals surface area (Å²) in [5.41, 5.74) is 3.44. The molecular weight excluding hydrogens is 180 g/mol. The van der Waals surface area contributed by atoms with Crippen molar-refractivity contribution >= 4 is 5.97 Å². The number of carbonyl (C=O) groups excluding carboxylic acids is 1. The van der Waals surface area contributed by atoms with Gasteiger partial charge in [0.05, 0.1) is 18.7 Å². The van der Waals surface area contributed by atoms with Crippen molar-refractivity contribution in [3.8, 4) is 0 Å². The summed E-state index contributed by atoms with van der Waals surface area (Å²) in [6.45, 7) is 1.99. The highest BCUT2D eigenvalue weighted by molar-refractivity contribution is 5.73. The monoisotopic (exact) mass is 194 g/mol. The molecule has 1 aromatic rings. The first-order valence-corrected chi connectivity index (χ1v) is 4.83. The summed E-state index contributed by atoms with van der Waals surface area (Å²) in [7, 11) is 1.44. The molecule has 76 valence electrons. The topological polar surface area (TPSA) is 55.0 Å². The zero-order valence-corrected chi connectivity index (χ0v) is 8.46. The maximum atomic E-state index is 11.3. The average molecular weight is 194 g/mol. The van der Waals surface area contributed by atoms with E-state index in [9.17, 15) is 4.79 Å². The van der Waals surface area contributed by atoms with Crippen LogP contribution in [0.4, 0.5) is 0 Å². The van der Waals surface area contributed by atoms with E-state index in [0.29, 0.717) is 0 Å². The van der Waals surface area contributed by atoms with Crippen LogP contribution in [0.3, 0.4) is 0 Å². The van der Waals surface area contributed by atoms with Gasteiger partial charge in [-0.1, -0.05) is 0 Å². The van der Waals surface area contributed by atoms with Crippen LogP contribution in [0.25, 0.3) is 0 Å². The summed E-state index contributed by atoms with van der Waals surface area (Å²) in [6, 6.07) is 0. The number of hydrogen-bond acceptors (Lipinski definition) is 3. The number of carbonyl (C=O) groups is 1. The predicted octanol–water partition coefficient (Wildman–Crippen LogP) is 0.996. The Kier molecular flexibility index (Phi) is 2.27. The molecule has 0 saturated carbocycles. The van der Waals surface area contributed by atoms with E-state index >= 15 is 0 Å². The zero-order valence-electron chi connectivity index (χ0n) is 8.46. The smallest absolute Gasteiger partial charge is 0.309 e. The number of H-pyrrole nitrogens is 1. The summed E-state index contributed by atoms with van der Waals surface area (Å²) in [5.74, 6) is -0.102. The van der Waals surface area contributed by atoms with Crippen LogP contribution in [0.2, 0.25) is 0 Å². The molecule has 1 atom stereocenters. The number of nitrogens with one attached hydrogen (secondary N) is 1. The van der Waals surface area contributed by atoms with Gasteiger partial charge in [0.25, 0.3) is 0 Å². The van der Waals surface area contributed by atoms with E-state index in [-0.39, 0.29) is 11.9 Å². The van der Waals surface area contributed by atoms with Crippen molar-refractivity contribution in [1.82, 2.24) is 10.2 Å². The molecule has 0 saturated heterocycles. The van der Waals surface area contributed by atoms with E-state index in [1.54, 1.807) is 0 Å². The molecule has 0 fully saturated rings. The highest BCUT2D eigenvalue weighted by atomic mass is 16.5. The lowest BCUT2D eigenvalue weighted by Gasteiger charge is -2.19. The molecule has 0 aromatic carbocycles. The number of rotatable bonds is 1. The maximum Gasteiger partial charge on any atom is 0.309 e. The van der Waals surface area contributed by atoms with Gasteiger partial charge in [0.1, 0.15) is 0 Å². The zero-order chi connectivity index (χ0) is 10.1. The first kappa shape index (κ1) is 9.24. The van der Waals surface area contributed by atoms with Gasteiger partial charge in [-0.2, -0.15) is 5.10 Å². The number of aromatic amines is 1. The third-order valence-corrected chi connectivity index (χ3v) is 2.89. The number of hydrogen-bond donors (Lipinski definition) is 1. The van der Waals surface area contributed by atoms with E-state index in [1.165, 1.54) is 12.7 Å². The molecule has 1 unspecified atom stereocenters. The SMILES string of the molecule is COC(=O)C1CCc2c(C)n[nH]c2C1. The fraction of sp³-hybridized carbons (Fsp3) is 0.600. The Morgan fingerprint density at radius 2 is 2.43 bits per heavy atom. The van der Waals surface area contributed by atoms with E-state index in [0.717, 1.165) is 30.7 Å². The Bertz CT molecular complexity index is 357. The lowest BCUT2D eigenvalue weighted by molar-refractivity contribution is -0.145. The Balaban J connectivity index is 2.18. The minimum Gasteiger partial charge on any atom is -0.469 e. The molecule has 1 N–H and O–H groups in total. The van der Waals surface area contributed by atoms with Crippen LogP contribution in [0.1, 0.15) is 23.4 Å². The molecular formula is C10H14N2O2. The molecule has 0 radical (unpaired) electrons. The van der Waals surface area contributed by atoms with Gasteiger partial charge in [0.15, 0.2) is 0 Å². The van der Waals surface area contributed by atoms with Gasteiger partial charge in [-0.15, -0.1) is 0 Å². The summed E-state index contributed by atoms with van der Waals surface area (Å²) in [6.07, 6.45) is 2.54. The van der Waals surface area contributed by atoms with Crippen molar-refractivity contribution in [2.75, 3.05) is 7.11 Å². The Hall–Kier alpha value is -1.32. The molecule has 1 aromatic heterocycles. The molecule has 4 heteroatoms. The van der Waals surface area contributed by atoms with Crippen LogP contribution in [0.15, 0.2) is 0 Å². The predicted molar refractivity (Wildman–Crippen MR) is 50.9 cm³/mol. The number of ether oxygens (including phenoxy) is 1. The molecule has 4 nitrogen and oxygen atoms in total. The molecule has 0 spiro atoms. The van der Waals surface area contributed by atoms with Gasteiger partial charge in [-0.05, 0) is 25.3 Å². The van der Waals surface area contributed by atoms with E-state index in [4.69, 9.17) is 4.74 Å². The molecule has 1 heterocycles. The molecule has 1 aliphatic rings. The van der Waals surface area contributed by atoms with Crippen LogP contribution in [0, 0.1) is 12.8 Å². The van der Waals surface area contributed by atoms with Gasteiger partial charge in [0, 0.05) is 12.1 Å². The summed E-state index contributed by atoms with van der Waals surface area (Å²) >= 11 is 0. The van der Waals surface area contributed by atoms with Crippen molar-refractivity contribution in [3.05, 3.63) is 17.0 Å². The van der Waals surface area contributed by atoms with E-state index in [2.05, 4.69) is 10.2 Å². The summed E-state index contributed by atoms with van der Waals surface area (Å²) in [5, 5.41) is 7.12. The molecule has 0 bridgehead atoms. The van der Waals surface area contributed by atoms with Crippen molar-refractivity contribution in [3.63, 3.8) is 0 Å². The van der Waals surface area contributed by atoms with Gasteiger partial charge in [0.2, 0.25) is 0 Å². The van der Waals surface area contributed by atoms with Crippen molar-refractivity contribution in [1.29, 1.82) is 0 Å². The largest absolute Gasteiger partial charge is 0.469 e. The van der Waals surface area contributed by atoms with Crippen molar-refractivity contribution in [2.45, 2.75) is 26.2 Å². The number of aromatic nitrogens is 2. The second-order valence-corrected chi connectivity index (χ2v) is 3.73. The van der Waals surface area contributed by atoms with Crippen molar-refractivity contribution < 1.29 is 9.53 Å².